The molecule has 2 heterocycles. The van der Waals surface area contributed by atoms with Crippen molar-refractivity contribution in [2.75, 3.05) is 26.7 Å². The zero-order valence-corrected chi connectivity index (χ0v) is 15.0. The Balaban J connectivity index is 1.48. The maximum absolute atomic E-state index is 13.0. The third-order valence-corrected chi connectivity index (χ3v) is 4.89. The van der Waals surface area contributed by atoms with Crippen LogP contribution >= 0.6 is 0 Å². The standard InChI is InChI=1S/C20H24FN3O2/c1-23(13-15-2-4-18(21)5-3-15)14-20(26)24-10-7-16(8-11-24)17-6-9-22-19(25)12-17/h2-6,9,12,16H,7-8,10-11,13-14H2,1H3,(H,22,25). The van der Waals surface area contributed by atoms with Crippen molar-refractivity contribution in [1.29, 1.82) is 0 Å². The Bertz CT molecular complexity index is 795. The number of aromatic nitrogens is 1. The fourth-order valence-electron chi connectivity index (χ4n) is 3.47. The smallest absolute Gasteiger partial charge is 0.248 e. The summed E-state index contributed by atoms with van der Waals surface area (Å²) in [6.07, 6.45) is 3.42. The molecule has 0 aliphatic carbocycles. The molecule has 1 fully saturated rings. The van der Waals surface area contributed by atoms with E-state index in [0.29, 0.717) is 32.1 Å². The molecule has 0 unspecified atom stereocenters. The maximum atomic E-state index is 13.0. The molecule has 1 amide bonds. The van der Waals surface area contributed by atoms with Crippen LogP contribution in [0, 0.1) is 5.82 Å². The molecule has 1 aliphatic heterocycles. The number of pyridine rings is 1. The van der Waals surface area contributed by atoms with Crippen LogP contribution in [0.5, 0.6) is 0 Å². The van der Waals surface area contributed by atoms with Gasteiger partial charge >= 0.3 is 0 Å². The van der Waals surface area contributed by atoms with E-state index in [1.54, 1.807) is 24.4 Å². The highest BCUT2D eigenvalue weighted by atomic mass is 19.1. The monoisotopic (exact) mass is 357 g/mol. The fourth-order valence-corrected chi connectivity index (χ4v) is 3.47. The molecule has 1 aromatic carbocycles. The molecule has 6 heteroatoms. The van der Waals surface area contributed by atoms with Crippen molar-refractivity contribution in [1.82, 2.24) is 14.8 Å². The second-order valence-electron chi connectivity index (χ2n) is 6.94. The number of amides is 1. The molecule has 138 valence electrons. The van der Waals surface area contributed by atoms with Crippen LogP contribution in [0.15, 0.2) is 47.4 Å². The van der Waals surface area contributed by atoms with Gasteiger partial charge in [0.1, 0.15) is 5.82 Å². The minimum absolute atomic E-state index is 0.0802. The molecule has 0 spiro atoms. The van der Waals surface area contributed by atoms with E-state index < -0.39 is 0 Å². The number of nitrogens with one attached hydrogen (secondary N) is 1. The van der Waals surface area contributed by atoms with Crippen molar-refractivity contribution in [3.8, 4) is 0 Å². The quantitative estimate of drug-likeness (QED) is 0.894. The predicted molar refractivity (Wildman–Crippen MR) is 98.4 cm³/mol. The van der Waals surface area contributed by atoms with Crippen molar-refractivity contribution >= 4 is 5.91 Å². The van der Waals surface area contributed by atoms with Crippen molar-refractivity contribution in [3.63, 3.8) is 0 Å². The topological polar surface area (TPSA) is 56.4 Å². The largest absolute Gasteiger partial charge is 0.342 e. The number of aromatic amines is 1. The Kier molecular flexibility index (Phi) is 5.83. The highest BCUT2D eigenvalue weighted by Gasteiger charge is 2.24. The molecule has 1 N–H and O–H groups in total. The molecule has 0 atom stereocenters. The number of hydrogen-bond donors (Lipinski definition) is 1. The molecule has 2 aromatic rings. The number of hydrogen-bond acceptors (Lipinski definition) is 3. The van der Waals surface area contributed by atoms with E-state index in [1.165, 1.54) is 12.1 Å². The lowest BCUT2D eigenvalue weighted by molar-refractivity contribution is -0.133. The molecule has 3 rings (SSSR count). The van der Waals surface area contributed by atoms with Crippen LogP contribution in [0.2, 0.25) is 0 Å². The number of rotatable bonds is 5. The van der Waals surface area contributed by atoms with Crippen LogP contribution in [-0.4, -0.2) is 47.4 Å². The van der Waals surface area contributed by atoms with Crippen LogP contribution in [0.1, 0.15) is 29.9 Å². The summed E-state index contributed by atoms with van der Waals surface area (Å²) in [5.41, 5.74) is 1.95. The molecule has 1 saturated heterocycles. The van der Waals surface area contributed by atoms with Crippen molar-refractivity contribution in [3.05, 3.63) is 69.9 Å². The minimum Gasteiger partial charge on any atom is -0.342 e. The average molecular weight is 357 g/mol. The number of halogens is 1. The number of likely N-dealkylation sites (tertiary alicyclic amines) is 1. The summed E-state index contributed by atoms with van der Waals surface area (Å²) >= 11 is 0. The van der Waals surface area contributed by atoms with E-state index in [9.17, 15) is 14.0 Å². The first kappa shape index (κ1) is 18.3. The highest BCUT2D eigenvalue weighted by molar-refractivity contribution is 5.78. The van der Waals surface area contributed by atoms with Crippen LogP contribution in [0.4, 0.5) is 4.39 Å². The summed E-state index contributed by atoms with van der Waals surface area (Å²) in [6.45, 7) is 2.36. The van der Waals surface area contributed by atoms with Gasteiger partial charge in [-0.2, -0.15) is 0 Å². The molecule has 1 aliphatic rings. The van der Waals surface area contributed by atoms with Gasteiger partial charge in [-0.1, -0.05) is 12.1 Å². The van der Waals surface area contributed by atoms with E-state index in [-0.39, 0.29) is 17.3 Å². The SMILES string of the molecule is CN(CC(=O)N1CCC(c2cc[nH]c(=O)c2)CC1)Cc1ccc(F)cc1. The van der Waals surface area contributed by atoms with Gasteiger partial charge in [0.15, 0.2) is 0 Å². The summed E-state index contributed by atoms with van der Waals surface area (Å²) in [5.74, 6) is 0.188. The van der Waals surface area contributed by atoms with Gasteiger partial charge in [-0.15, -0.1) is 0 Å². The van der Waals surface area contributed by atoms with Gasteiger partial charge in [0.2, 0.25) is 11.5 Å². The van der Waals surface area contributed by atoms with E-state index in [2.05, 4.69) is 4.98 Å². The highest BCUT2D eigenvalue weighted by Crippen LogP contribution is 2.27. The molecule has 5 nitrogen and oxygen atoms in total. The molecular weight excluding hydrogens is 333 g/mol. The Labute approximate surface area is 152 Å². The summed E-state index contributed by atoms with van der Waals surface area (Å²) in [4.78, 5) is 30.4. The van der Waals surface area contributed by atoms with Gasteiger partial charge in [-0.3, -0.25) is 14.5 Å². The molecule has 0 saturated carbocycles. The number of carbonyl (C=O) groups excluding carboxylic acids is 1. The normalized spacial score (nSPS) is 15.4. The average Bonchev–Trinajstić information content (AvgIpc) is 2.64. The van der Waals surface area contributed by atoms with Crippen molar-refractivity contribution in [2.24, 2.45) is 0 Å². The lowest BCUT2D eigenvalue weighted by atomic mass is 9.90. The molecular formula is C20H24FN3O2. The first-order chi connectivity index (χ1) is 12.5. The lowest BCUT2D eigenvalue weighted by Crippen LogP contribution is -2.43. The van der Waals surface area contributed by atoms with E-state index in [4.69, 9.17) is 0 Å². The van der Waals surface area contributed by atoms with Crippen LogP contribution in [0.25, 0.3) is 0 Å². The molecule has 0 bridgehead atoms. The first-order valence-corrected chi connectivity index (χ1v) is 8.90. The second kappa shape index (κ2) is 8.27. The van der Waals surface area contributed by atoms with Gasteiger partial charge in [0, 0.05) is 31.9 Å². The number of piperidine rings is 1. The lowest BCUT2D eigenvalue weighted by Gasteiger charge is -2.33. The third kappa shape index (κ3) is 4.79. The summed E-state index contributed by atoms with van der Waals surface area (Å²) in [7, 11) is 1.89. The van der Waals surface area contributed by atoms with Crippen molar-refractivity contribution < 1.29 is 9.18 Å². The number of H-pyrrole nitrogens is 1. The summed E-state index contributed by atoms with van der Waals surface area (Å²) in [6, 6.07) is 9.94. The Morgan fingerprint density at radius 1 is 1.23 bits per heavy atom. The molecule has 1 aromatic heterocycles. The van der Waals surface area contributed by atoms with E-state index in [0.717, 1.165) is 24.0 Å². The number of nitrogens with zero attached hydrogens (tertiary/aromatic N) is 2. The number of benzene rings is 1. The van der Waals surface area contributed by atoms with Crippen LogP contribution in [-0.2, 0) is 11.3 Å². The molecule has 0 radical (unpaired) electrons. The van der Waals surface area contributed by atoms with Gasteiger partial charge in [0.25, 0.3) is 0 Å². The second-order valence-corrected chi connectivity index (χ2v) is 6.94. The van der Waals surface area contributed by atoms with Crippen LogP contribution in [0.3, 0.4) is 0 Å². The van der Waals surface area contributed by atoms with Gasteiger partial charge in [-0.05, 0) is 55.1 Å². The zero-order chi connectivity index (χ0) is 18.5. The first-order valence-electron chi connectivity index (χ1n) is 8.90. The van der Waals surface area contributed by atoms with Gasteiger partial charge in [0.05, 0.1) is 6.54 Å². The van der Waals surface area contributed by atoms with Crippen molar-refractivity contribution in [2.45, 2.75) is 25.3 Å². The van der Waals surface area contributed by atoms with E-state index in [1.807, 2.05) is 22.9 Å². The Morgan fingerprint density at radius 3 is 2.58 bits per heavy atom. The summed E-state index contributed by atoms with van der Waals surface area (Å²) < 4.78 is 13.0. The van der Waals surface area contributed by atoms with Crippen LogP contribution < -0.4 is 5.56 Å². The number of carbonyl (C=O) groups is 1. The zero-order valence-electron chi connectivity index (χ0n) is 15.0. The van der Waals surface area contributed by atoms with E-state index >= 15 is 0 Å². The molecule has 26 heavy (non-hydrogen) atoms. The predicted octanol–water partition coefficient (Wildman–Crippen LogP) is 2.35. The fraction of sp³-hybridized carbons (Fsp3) is 0.400. The Morgan fingerprint density at radius 2 is 1.92 bits per heavy atom. The van der Waals surface area contributed by atoms with Gasteiger partial charge in [-0.25, -0.2) is 4.39 Å². The minimum atomic E-state index is -0.254. The Hall–Kier alpha value is -2.47. The maximum Gasteiger partial charge on any atom is 0.248 e. The van der Waals surface area contributed by atoms with Gasteiger partial charge < -0.3 is 9.88 Å². The number of likely N-dealkylation sites (N-methyl/N-ethyl adjacent to an activating group) is 1. The third-order valence-electron chi connectivity index (χ3n) is 4.89. The summed E-state index contributed by atoms with van der Waals surface area (Å²) in [5, 5.41) is 0.